The lowest BCUT2D eigenvalue weighted by molar-refractivity contribution is 0.669. The van der Waals surface area contributed by atoms with Gasteiger partial charge in [-0.3, -0.25) is 0 Å². The molecule has 3 heteroatoms. The molecule has 0 radical (unpaired) electrons. The molecule has 0 saturated carbocycles. The van der Waals surface area contributed by atoms with Gasteiger partial charge in [-0.2, -0.15) is 0 Å². The third kappa shape index (κ3) is 5.24. The highest BCUT2D eigenvalue weighted by Crippen LogP contribution is 2.40. The fraction of sp³-hybridized carbons (Fsp3) is 0. The summed E-state index contributed by atoms with van der Waals surface area (Å²) in [5.74, 6) is 0.656. The molecule has 51 heavy (non-hydrogen) atoms. The Balaban J connectivity index is 1.18. The lowest BCUT2D eigenvalue weighted by atomic mass is 9.97. The number of rotatable bonds is 5. The van der Waals surface area contributed by atoms with Crippen molar-refractivity contribution in [2.75, 3.05) is 0 Å². The lowest BCUT2D eigenvalue weighted by Crippen LogP contribution is -1.97. The maximum Gasteiger partial charge on any atom is 0.161 e. The quantitative estimate of drug-likeness (QED) is 0.186. The van der Waals surface area contributed by atoms with Crippen molar-refractivity contribution < 1.29 is 4.42 Å². The number of para-hydroxylation sites is 1. The highest BCUT2D eigenvalue weighted by Gasteiger charge is 2.19. The summed E-state index contributed by atoms with van der Waals surface area (Å²) in [4.78, 5) is 10.6. The van der Waals surface area contributed by atoms with Crippen LogP contribution in [0.4, 0.5) is 0 Å². The summed E-state index contributed by atoms with van der Waals surface area (Å²) in [6, 6.07) is 63.9. The normalized spacial score (nSPS) is 11.5. The standard InChI is InChI=1S/C48H30N2O/c1-2-10-31(11-3-1)40-28-42(47-41-16-8-9-17-45(41)51-46(47)29-40)48-49-43(30-44(50-48)39-25-21-33-13-5-7-15-37(33)27-39)35-22-18-34(19-23-35)38-24-20-32-12-4-6-14-36(32)26-38/h1-30H. The molecule has 0 unspecified atom stereocenters. The van der Waals surface area contributed by atoms with Crippen LogP contribution in [-0.4, -0.2) is 9.97 Å². The highest BCUT2D eigenvalue weighted by molar-refractivity contribution is 6.13. The van der Waals surface area contributed by atoms with Crippen LogP contribution < -0.4 is 0 Å². The van der Waals surface area contributed by atoms with Gasteiger partial charge < -0.3 is 4.42 Å². The van der Waals surface area contributed by atoms with Crippen LogP contribution in [0.25, 0.3) is 99.6 Å². The van der Waals surface area contributed by atoms with Gasteiger partial charge in [0.2, 0.25) is 0 Å². The summed E-state index contributed by atoms with van der Waals surface area (Å²) in [5, 5.41) is 6.90. The van der Waals surface area contributed by atoms with Gasteiger partial charge in [0.15, 0.2) is 5.82 Å². The van der Waals surface area contributed by atoms with E-state index in [2.05, 4.69) is 164 Å². The summed E-state index contributed by atoms with van der Waals surface area (Å²) < 4.78 is 6.48. The van der Waals surface area contributed by atoms with Crippen molar-refractivity contribution in [3.8, 4) is 56.2 Å². The van der Waals surface area contributed by atoms with E-state index < -0.39 is 0 Å². The van der Waals surface area contributed by atoms with E-state index in [0.29, 0.717) is 5.82 Å². The topological polar surface area (TPSA) is 38.9 Å². The Morgan fingerprint density at radius 1 is 0.333 bits per heavy atom. The van der Waals surface area contributed by atoms with Crippen molar-refractivity contribution in [2.45, 2.75) is 0 Å². The second-order valence-corrected chi connectivity index (χ2v) is 13.0. The van der Waals surface area contributed by atoms with Crippen LogP contribution in [0.3, 0.4) is 0 Å². The Kier molecular flexibility index (Phi) is 6.81. The molecule has 3 nitrogen and oxygen atoms in total. The van der Waals surface area contributed by atoms with Gasteiger partial charge >= 0.3 is 0 Å². The minimum Gasteiger partial charge on any atom is -0.456 e. The van der Waals surface area contributed by atoms with Crippen LogP contribution in [0.1, 0.15) is 0 Å². The van der Waals surface area contributed by atoms with E-state index in [1.54, 1.807) is 0 Å². The van der Waals surface area contributed by atoms with Crippen LogP contribution in [0.15, 0.2) is 186 Å². The summed E-state index contributed by atoms with van der Waals surface area (Å²) in [7, 11) is 0. The second kappa shape index (κ2) is 11.9. The number of aromatic nitrogens is 2. The first-order chi connectivity index (χ1) is 25.2. The molecular formula is C48H30N2O. The number of fused-ring (bicyclic) bond motifs is 5. The SMILES string of the molecule is c1ccc(-c2cc(-c3nc(-c4ccc(-c5ccc6ccccc6c5)cc4)cc(-c4ccc5ccccc5c4)n3)c3c(c2)oc2ccccc23)cc1. The van der Waals surface area contributed by atoms with E-state index in [1.807, 2.05) is 18.2 Å². The number of hydrogen-bond acceptors (Lipinski definition) is 3. The molecule has 0 aliphatic rings. The van der Waals surface area contributed by atoms with Gasteiger partial charge in [-0.1, -0.05) is 146 Å². The molecule has 0 spiro atoms. The fourth-order valence-corrected chi connectivity index (χ4v) is 7.24. The minimum atomic E-state index is 0.656. The lowest BCUT2D eigenvalue weighted by Gasteiger charge is -2.13. The van der Waals surface area contributed by atoms with Crippen LogP contribution in [0.5, 0.6) is 0 Å². The average molecular weight is 651 g/mol. The molecule has 0 saturated heterocycles. The first-order valence-corrected chi connectivity index (χ1v) is 17.2. The van der Waals surface area contributed by atoms with E-state index in [9.17, 15) is 0 Å². The van der Waals surface area contributed by atoms with Crippen molar-refractivity contribution in [3.63, 3.8) is 0 Å². The molecule has 10 aromatic rings. The Morgan fingerprint density at radius 3 is 1.63 bits per heavy atom. The molecule has 0 aliphatic carbocycles. The number of hydrogen-bond donors (Lipinski definition) is 0. The third-order valence-electron chi connectivity index (χ3n) is 9.86. The van der Waals surface area contributed by atoms with Gasteiger partial charge in [0, 0.05) is 27.5 Å². The molecule has 2 aromatic heterocycles. The van der Waals surface area contributed by atoms with Crippen LogP contribution in [0.2, 0.25) is 0 Å². The molecular weight excluding hydrogens is 621 g/mol. The largest absolute Gasteiger partial charge is 0.456 e. The molecule has 238 valence electrons. The van der Waals surface area contributed by atoms with Crippen molar-refractivity contribution >= 4 is 43.5 Å². The zero-order chi connectivity index (χ0) is 33.7. The van der Waals surface area contributed by atoms with E-state index in [4.69, 9.17) is 14.4 Å². The van der Waals surface area contributed by atoms with Crippen molar-refractivity contribution in [3.05, 3.63) is 182 Å². The molecule has 0 N–H and O–H groups in total. The predicted octanol–water partition coefficient (Wildman–Crippen LogP) is 13.0. The van der Waals surface area contributed by atoms with E-state index in [0.717, 1.165) is 66.7 Å². The van der Waals surface area contributed by atoms with E-state index in [1.165, 1.54) is 27.1 Å². The molecule has 0 amide bonds. The Hall–Kier alpha value is -6.84. The molecule has 0 atom stereocenters. The van der Waals surface area contributed by atoms with Gasteiger partial charge in [-0.05, 0) is 80.2 Å². The molecule has 0 fully saturated rings. The summed E-state index contributed by atoms with van der Waals surface area (Å²) in [6.45, 7) is 0. The minimum absolute atomic E-state index is 0.656. The molecule has 0 bridgehead atoms. The van der Waals surface area contributed by atoms with Gasteiger partial charge in [0.25, 0.3) is 0 Å². The van der Waals surface area contributed by atoms with E-state index >= 15 is 0 Å². The number of benzene rings is 8. The summed E-state index contributed by atoms with van der Waals surface area (Å²) in [5.41, 5.74) is 10.9. The van der Waals surface area contributed by atoms with Crippen molar-refractivity contribution in [1.29, 1.82) is 0 Å². The zero-order valence-electron chi connectivity index (χ0n) is 27.6. The van der Waals surface area contributed by atoms with Gasteiger partial charge in [0.1, 0.15) is 11.2 Å². The maximum absolute atomic E-state index is 6.48. The van der Waals surface area contributed by atoms with Crippen molar-refractivity contribution in [2.24, 2.45) is 0 Å². The summed E-state index contributed by atoms with van der Waals surface area (Å²) >= 11 is 0. The van der Waals surface area contributed by atoms with Crippen LogP contribution in [0, 0.1) is 0 Å². The molecule has 10 rings (SSSR count). The Morgan fingerprint density at radius 2 is 0.882 bits per heavy atom. The zero-order valence-corrected chi connectivity index (χ0v) is 27.6. The fourth-order valence-electron chi connectivity index (χ4n) is 7.24. The first kappa shape index (κ1) is 29.1. The Labute approximate surface area is 295 Å². The molecule has 0 aliphatic heterocycles. The molecule has 8 aromatic carbocycles. The summed E-state index contributed by atoms with van der Waals surface area (Å²) in [6.07, 6.45) is 0. The van der Waals surface area contributed by atoms with E-state index in [-0.39, 0.29) is 0 Å². The highest BCUT2D eigenvalue weighted by atomic mass is 16.3. The van der Waals surface area contributed by atoms with Gasteiger partial charge in [0.05, 0.1) is 11.4 Å². The third-order valence-corrected chi connectivity index (χ3v) is 9.86. The van der Waals surface area contributed by atoms with Crippen molar-refractivity contribution in [1.82, 2.24) is 9.97 Å². The number of furan rings is 1. The number of nitrogens with zero attached hydrogens (tertiary/aromatic N) is 2. The predicted molar refractivity (Wildman–Crippen MR) is 212 cm³/mol. The van der Waals surface area contributed by atoms with Gasteiger partial charge in [-0.25, -0.2) is 9.97 Å². The smallest absolute Gasteiger partial charge is 0.161 e. The Bertz CT molecular complexity index is 2910. The maximum atomic E-state index is 6.48. The monoisotopic (exact) mass is 650 g/mol. The average Bonchev–Trinajstić information content (AvgIpc) is 3.59. The second-order valence-electron chi connectivity index (χ2n) is 13.0. The van der Waals surface area contributed by atoms with Gasteiger partial charge in [-0.15, -0.1) is 0 Å². The first-order valence-electron chi connectivity index (χ1n) is 17.2. The molecule has 2 heterocycles. The van der Waals surface area contributed by atoms with Crippen LogP contribution in [-0.2, 0) is 0 Å². The van der Waals surface area contributed by atoms with Crippen LogP contribution >= 0.6 is 0 Å².